The standard InChI is InChI=1S/C33H45N3O/c1-9-34(10-2)29-18-20-31(24(6)22-29)33(27-14-16-28(17-15-27)36(13-5)26(8)37)32-21-19-30(23-25(32)7)35(11-3)12-4/h14-23,33H,9-13H2,1-8H3. The van der Waals surface area contributed by atoms with E-state index in [0.29, 0.717) is 6.54 Å². The Morgan fingerprint density at radius 2 is 1.03 bits per heavy atom. The SMILES string of the molecule is CCN(CC)c1ccc(C(c2ccc(N(CC)C(C)=O)cc2)c2ccc(N(CC)CC)cc2C)c(C)c1. The molecule has 0 aliphatic carbocycles. The number of carbonyl (C=O) groups excluding carboxylic acids is 1. The molecule has 0 aromatic heterocycles. The molecule has 0 saturated carbocycles. The number of rotatable bonds is 11. The molecule has 0 radical (unpaired) electrons. The summed E-state index contributed by atoms with van der Waals surface area (Å²) in [6, 6.07) is 22.4. The molecule has 3 aromatic carbocycles. The highest BCUT2D eigenvalue weighted by molar-refractivity contribution is 5.91. The lowest BCUT2D eigenvalue weighted by Gasteiger charge is -2.28. The maximum atomic E-state index is 12.1. The van der Waals surface area contributed by atoms with Gasteiger partial charge in [0.2, 0.25) is 5.91 Å². The Morgan fingerprint density at radius 1 is 0.622 bits per heavy atom. The van der Waals surface area contributed by atoms with Gasteiger partial charge in [0, 0.05) is 62.6 Å². The number of benzene rings is 3. The molecule has 0 spiro atoms. The highest BCUT2D eigenvalue weighted by Gasteiger charge is 2.22. The summed E-state index contributed by atoms with van der Waals surface area (Å²) in [6.07, 6.45) is 0. The molecule has 198 valence electrons. The third-order valence-electron chi connectivity index (χ3n) is 7.62. The first-order valence-corrected chi connectivity index (χ1v) is 13.9. The van der Waals surface area contributed by atoms with Gasteiger partial charge in [-0.2, -0.15) is 0 Å². The highest BCUT2D eigenvalue weighted by atomic mass is 16.2. The molecule has 0 atom stereocenters. The molecule has 4 nitrogen and oxygen atoms in total. The van der Waals surface area contributed by atoms with Gasteiger partial charge < -0.3 is 14.7 Å². The maximum Gasteiger partial charge on any atom is 0.223 e. The van der Waals surface area contributed by atoms with Crippen LogP contribution in [0.15, 0.2) is 60.7 Å². The Kier molecular flexibility index (Phi) is 9.79. The molecule has 3 aromatic rings. The lowest BCUT2D eigenvalue weighted by Crippen LogP contribution is -2.27. The minimum atomic E-state index is 0.0671. The zero-order chi connectivity index (χ0) is 27.1. The number of hydrogen-bond acceptors (Lipinski definition) is 3. The summed E-state index contributed by atoms with van der Waals surface area (Å²) in [5, 5.41) is 0. The van der Waals surface area contributed by atoms with Crippen molar-refractivity contribution in [3.63, 3.8) is 0 Å². The fourth-order valence-electron chi connectivity index (χ4n) is 5.50. The van der Waals surface area contributed by atoms with E-state index < -0.39 is 0 Å². The predicted octanol–water partition coefficient (Wildman–Crippen LogP) is 7.55. The van der Waals surface area contributed by atoms with Gasteiger partial charge in [-0.1, -0.05) is 24.3 Å². The number of anilines is 3. The van der Waals surface area contributed by atoms with Crippen LogP contribution in [0.5, 0.6) is 0 Å². The van der Waals surface area contributed by atoms with E-state index in [0.717, 1.165) is 31.9 Å². The molecule has 4 heteroatoms. The number of carbonyl (C=O) groups is 1. The molecule has 0 saturated heterocycles. The summed E-state index contributed by atoms with van der Waals surface area (Å²) in [6.45, 7) is 21.6. The van der Waals surface area contributed by atoms with Gasteiger partial charge in [-0.25, -0.2) is 0 Å². The minimum Gasteiger partial charge on any atom is -0.372 e. The number of aryl methyl sites for hydroxylation is 2. The zero-order valence-electron chi connectivity index (χ0n) is 24.1. The normalized spacial score (nSPS) is 11.1. The first-order valence-electron chi connectivity index (χ1n) is 13.9. The smallest absolute Gasteiger partial charge is 0.223 e. The quantitative estimate of drug-likeness (QED) is 0.255. The van der Waals surface area contributed by atoms with Gasteiger partial charge in [0.15, 0.2) is 0 Å². The Balaban J connectivity index is 2.15. The third-order valence-corrected chi connectivity index (χ3v) is 7.62. The van der Waals surface area contributed by atoms with Crippen molar-refractivity contribution in [2.24, 2.45) is 0 Å². The molecule has 0 aliphatic heterocycles. The van der Waals surface area contributed by atoms with Crippen LogP contribution >= 0.6 is 0 Å². The van der Waals surface area contributed by atoms with E-state index in [2.05, 4.69) is 112 Å². The van der Waals surface area contributed by atoms with Crippen molar-refractivity contribution in [1.29, 1.82) is 0 Å². The third kappa shape index (κ3) is 6.18. The summed E-state index contributed by atoms with van der Waals surface area (Å²) >= 11 is 0. The number of hydrogen-bond donors (Lipinski definition) is 0. The van der Waals surface area contributed by atoms with Crippen molar-refractivity contribution in [3.05, 3.63) is 88.5 Å². The number of amides is 1. The van der Waals surface area contributed by atoms with E-state index >= 15 is 0 Å². The van der Waals surface area contributed by atoms with Crippen molar-refractivity contribution in [2.75, 3.05) is 47.4 Å². The average Bonchev–Trinajstić information content (AvgIpc) is 2.89. The summed E-state index contributed by atoms with van der Waals surface area (Å²) in [4.78, 5) is 18.7. The minimum absolute atomic E-state index is 0.0671. The van der Waals surface area contributed by atoms with Crippen LogP contribution in [0.2, 0.25) is 0 Å². The molecule has 0 heterocycles. The van der Waals surface area contributed by atoms with Crippen LogP contribution in [0.4, 0.5) is 17.1 Å². The van der Waals surface area contributed by atoms with Gasteiger partial charge in [0.25, 0.3) is 0 Å². The van der Waals surface area contributed by atoms with Crippen molar-refractivity contribution in [2.45, 2.75) is 61.3 Å². The second-order valence-corrected chi connectivity index (χ2v) is 9.71. The Labute approximate surface area is 224 Å². The van der Waals surface area contributed by atoms with Crippen molar-refractivity contribution >= 4 is 23.0 Å². The maximum absolute atomic E-state index is 12.1. The number of nitrogens with zero attached hydrogens (tertiary/aromatic N) is 3. The Bertz CT molecular complexity index is 1120. The second-order valence-electron chi connectivity index (χ2n) is 9.71. The van der Waals surface area contributed by atoms with Crippen LogP contribution in [-0.4, -0.2) is 38.6 Å². The van der Waals surface area contributed by atoms with Gasteiger partial charge >= 0.3 is 0 Å². The predicted molar refractivity (Wildman–Crippen MR) is 161 cm³/mol. The monoisotopic (exact) mass is 499 g/mol. The molecule has 3 rings (SSSR count). The zero-order valence-corrected chi connectivity index (χ0v) is 24.1. The van der Waals surface area contributed by atoms with Crippen LogP contribution in [0.1, 0.15) is 75.3 Å². The molecular weight excluding hydrogens is 454 g/mol. The van der Waals surface area contributed by atoms with E-state index in [4.69, 9.17) is 0 Å². The summed E-state index contributed by atoms with van der Waals surface area (Å²) in [7, 11) is 0. The molecule has 37 heavy (non-hydrogen) atoms. The van der Waals surface area contributed by atoms with E-state index in [1.54, 1.807) is 6.92 Å². The molecule has 0 fully saturated rings. The van der Waals surface area contributed by atoms with Crippen LogP contribution in [-0.2, 0) is 4.79 Å². The van der Waals surface area contributed by atoms with Gasteiger partial charge in [0.1, 0.15) is 0 Å². The van der Waals surface area contributed by atoms with E-state index in [-0.39, 0.29) is 11.8 Å². The Hall–Kier alpha value is -3.27. The highest BCUT2D eigenvalue weighted by Crippen LogP contribution is 2.38. The van der Waals surface area contributed by atoms with Gasteiger partial charge in [-0.3, -0.25) is 4.79 Å². The van der Waals surface area contributed by atoms with Crippen molar-refractivity contribution in [1.82, 2.24) is 0 Å². The largest absolute Gasteiger partial charge is 0.372 e. The molecule has 1 amide bonds. The molecule has 0 aliphatic rings. The lowest BCUT2D eigenvalue weighted by molar-refractivity contribution is -0.116. The van der Waals surface area contributed by atoms with Crippen molar-refractivity contribution < 1.29 is 4.79 Å². The van der Waals surface area contributed by atoms with Crippen LogP contribution in [0.3, 0.4) is 0 Å². The van der Waals surface area contributed by atoms with Crippen LogP contribution in [0, 0.1) is 13.8 Å². The molecule has 0 N–H and O–H groups in total. The summed E-state index contributed by atoms with van der Waals surface area (Å²) in [5.74, 6) is 0.176. The molecular formula is C33H45N3O. The van der Waals surface area contributed by atoms with Crippen LogP contribution in [0.25, 0.3) is 0 Å². The van der Waals surface area contributed by atoms with Gasteiger partial charge in [-0.05, 0) is 113 Å². The second kappa shape index (κ2) is 12.8. The van der Waals surface area contributed by atoms with E-state index in [1.165, 1.54) is 39.2 Å². The van der Waals surface area contributed by atoms with Crippen LogP contribution < -0.4 is 14.7 Å². The fraction of sp³-hybridized carbons (Fsp3) is 0.424. The molecule has 0 bridgehead atoms. The summed E-state index contributed by atoms with van der Waals surface area (Å²) < 4.78 is 0. The lowest BCUT2D eigenvalue weighted by atomic mass is 9.81. The first kappa shape index (κ1) is 28.3. The van der Waals surface area contributed by atoms with Gasteiger partial charge in [0.05, 0.1) is 0 Å². The first-order chi connectivity index (χ1) is 17.8. The van der Waals surface area contributed by atoms with E-state index in [1.807, 2.05) is 11.8 Å². The van der Waals surface area contributed by atoms with E-state index in [9.17, 15) is 4.79 Å². The summed E-state index contributed by atoms with van der Waals surface area (Å²) in [5.41, 5.74) is 9.96. The van der Waals surface area contributed by atoms with Gasteiger partial charge in [-0.15, -0.1) is 0 Å². The fourth-order valence-corrected chi connectivity index (χ4v) is 5.50. The Morgan fingerprint density at radius 3 is 1.35 bits per heavy atom. The topological polar surface area (TPSA) is 26.8 Å². The average molecular weight is 500 g/mol. The van der Waals surface area contributed by atoms with Crippen molar-refractivity contribution in [3.8, 4) is 0 Å². The molecule has 0 unspecified atom stereocenters.